The molecule has 0 radical (unpaired) electrons. The average Bonchev–Trinajstić information content (AvgIpc) is 3.13. The van der Waals surface area contributed by atoms with Crippen molar-refractivity contribution in [3.05, 3.63) is 94.5 Å². The lowest BCUT2D eigenvalue weighted by atomic mass is 10.1. The van der Waals surface area contributed by atoms with Crippen molar-refractivity contribution in [2.75, 3.05) is 4.90 Å². The molecule has 0 unspecified atom stereocenters. The molecule has 3 aromatic carbocycles. The summed E-state index contributed by atoms with van der Waals surface area (Å²) >= 11 is 11.2. The Morgan fingerprint density at radius 2 is 1.71 bits per heavy atom. The topological polar surface area (TPSA) is 63.6 Å². The first kappa shape index (κ1) is 25.5. The molecule has 11 heteroatoms. The molecular weight excluding hydrogens is 539 g/mol. The molecule has 5 rings (SSSR count). The number of benzene rings is 3. The highest BCUT2D eigenvalue weighted by Crippen LogP contribution is 2.38. The summed E-state index contributed by atoms with van der Waals surface area (Å²) in [7, 11) is 1.67. The van der Waals surface area contributed by atoms with Crippen molar-refractivity contribution in [3.8, 4) is 11.6 Å². The smallest absolute Gasteiger partial charge is 0.416 e. The second kappa shape index (κ2) is 9.62. The molecule has 192 valence electrons. The van der Waals surface area contributed by atoms with Crippen molar-refractivity contribution in [3.63, 3.8) is 0 Å². The van der Waals surface area contributed by atoms with Crippen LogP contribution in [0.3, 0.4) is 0 Å². The zero-order valence-electron chi connectivity index (χ0n) is 19.5. The quantitative estimate of drug-likeness (QED) is 0.178. The van der Waals surface area contributed by atoms with Gasteiger partial charge in [-0.25, -0.2) is 0 Å². The van der Waals surface area contributed by atoms with Crippen molar-refractivity contribution in [2.24, 2.45) is 7.05 Å². The molecule has 0 saturated carbocycles. The maximum absolute atomic E-state index is 13.5. The predicted molar refractivity (Wildman–Crippen MR) is 142 cm³/mol. The summed E-state index contributed by atoms with van der Waals surface area (Å²) in [5, 5.41) is 3.49. The molecule has 1 saturated heterocycles. The molecule has 0 atom stereocenters. The Morgan fingerprint density at radius 1 is 1.00 bits per heavy atom. The van der Waals surface area contributed by atoms with Gasteiger partial charge in [-0.05, 0) is 66.8 Å². The number of hydrogen-bond acceptors (Lipinski definition) is 4. The zero-order chi connectivity index (χ0) is 27.2. The van der Waals surface area contributed by atoms with Crippen LogP contribution in [0.25, 0.3) is 17.0 Å². The molecule has 0 aliphatic carbocycles. The number of rotatable bonds is 4. The van der Waals surface area contributed by atoms with Gasteiger partial charge in [-0.15, -0.1) is 0 Å². The van der Waals surface area contributed by atoms with Gasteiger partial charge in [0.05, 0.1) is 16.8 Å². The fourth-order valence-electron chi connectivity index (χ4n) is 4.14. The van der Waals surface area contributed by atoms with E-state index >= 15 is 0 Å². The van der Waals surface area contributed by atoms with Gasteiger partial charge in [-0.1, -0.05) is 35.9 Å². The van der Waals surface area contributed by atoms with Crippen LogP contribution in [0, 0.1) is 0 Å². The summed E-state index contributed by atoms with van der Waals surface area (Å²) < 4.78 is 47.4. The van der Waals surface area contributed by atoms with E-state index in [-0.39, 0.29) is 22.3 Å². The van der Waals surface area contributed by atoms with Crippen molar-refractivity contribution in [1.82, 2.24) is 9.88 Å². The fourth-order valence-corrected chi connectivity index (χ4v) is 4.54. The number of aromatic nitrogens is 1. The third kappa shape index (κ3) is 4.64. The Kier molecular flexibility index (Phi) is 6.46. The van der Waals surface area contributed by atoms with Gasteiger partial charge in [-0.3, -0.25) is 19.8 Å². The molecule has 1 fully saturated rings. The number of hydrogen-bond donors (Lipinski definition) is 1. The van der Waals surface area contributed by atoms with Crippen molar-refractivity contribution >= 4 is 63.4 Å². The first-order valence-corrected chi connectivity index (χ1v) is 11.9. The number of halogens is 4. The van der Waals surface area contributed by atoms with E-state index in [0.717, 1.165) is 17.0 Å². The molecule has 1 N–H and O–H groups in total. The number of carbonyl (C=O) groups excluding carboxylic acids is 2. The number of para-hydroxylation sites is 1. The van der Waals surface area contributed by atoms with Gasteiger partial charge in [0.1, 0.15) is 11.3 Å². The Balaban J connectivity index is 1.63. The molecular formula is C27H17ClF3N3O3S. The van der Waals surface area contributed by atoms with Gasteiger partial charge in [0.25, 0.3) is 11.8 Å². The van der Waals surface area contributed by atoms with E-state index in [4.69, 9.17) is 28.6 Å². The largest absolute Gasteiger partial charge is 0.440 e. The fraction of sp³-hybridized carbons (Fsp3) is 0.0741. The second-order valence-corrected chi connectivity index (χ2v) is 9.18. The summed E-state index contributed by atoms with van der Waals surface area (Å²) in [5.74, 6) is -1.32. The van der Waals surface area contributed by atoms with Gasteiger partial charge in [0, 0.05) is 23.0 Å². The van der Waals surface area contributed by atoms with E-state index in [1.165, 1.54) is 18.2 Å². The third-order valence-electron chi connectivity index (χ3n) is 5.94. The maximum atomic E-state index is 13.5. The van der Waals surface area contributed by atoms with E-state index in [1.807, 2.05) is 0 Å². The number of amides is 2. The third-order valence-corrected chi connectivity index (χ3v) is 6.48. The SMILES string of the molecule is Cn1c(Oc2cccc(C(F)(F)F)c2)c(/C=C2\C(=O)NC(=S)N(c3ccc(Cl)cc3)C2=O)c2ccccc21. The standard InChI is InChI=1S/C27H17ClF3N3O3S/c1-33-22-8-3-2-7-19(22)20(25(33)37-18-6-4-5-15(13-18)27(29,30)31)14-21-23(35)32-26(38)34(24(21)36)17-11-9-16(28)10-12-17/h2-14H,1H3,(H,32,35,38)/b21-14+. The van der Waals surface area contributed by atoms with Crippen molar-refractivity contribution in [1.29, 1.82) is 0 Å². The van der Waals surface area contributed by atoms with Crippen LogP contribution in [-0.2, 0) is 22.8 Å². The number of aryl methyl sites for hydroxylation is 1. The molecule has 1 aromatic heterocycles. The van der Waals surface area contributed by atoms with Crippen LogP contribution in [0.4, 0.5) is 18.9 Å². The van der Waals surface area contributed by atoms with Crippen LogP contribution in [0.5, 0.6) is 11.6 Å². The van der Waals surface area contributed by atoms with Crippen LogP contribution in [0.1, 0.15) is 11.1 Å². The maximum Gasteiger partial charge on any atom is 0.416 e. The normalized spacial score (nSPS) is 15.3. The minimum atomic E-state index is -4.56. The van der Waals surface area contributed by atoms with Gasteiger partial charge in [0.15, 0.2) is 5.11 Å². The van der Waals surface area contributed by atoms with E-state index in [2.05, 4.69) is 5.32 Å². The minimum Gasteiger partial charge on any atom is -0.440 e. The lowest BCUT2D eigenvalue weighted by molar-refractivity contribution is -0.137. The number of nitrogens with zero attached hydrogens (tertiary/aromatic N) is 2. The van der Waals surface area contributed by atoms with E-state index < -0.39 is 23.6 Å². The van der Waals surface area contributed by atoms with Crippen LogP contribution >= 0.6 is 23.8 Å². The first-order valence-electron chi connectivity index (χ1n) is 11.1. The highest BCUT2D eigenvalue weighted by Gasteiger charge is 2.35. The average molecular weight is 556 g/mol. The molecule has 4 aromatic rings. The first-order chi connectivity index (χ1) is 18.0. The second-order valence-electron chi connectivity index (χ2n) is 8.36. The molecule has 6 nitrogen and oxygen atoms in total. The number of fused-ring (bicyclic) bond motifs is 1. The summed E-state index contributed by atoms with van der Waals surface area (Å²) in [5.41, 5.74) is 0.299. The van der Waals surface area contributed by atoms with Gasteiger partial charge < -0.3 is 9.30 Å². The molecule has 0 bridgehead atoms. The summed E-state index contributed by atoms with van der Waals surface area (Å²) in [6.07, 6.45) is -3.20. The monoisotopic (exact) mass is 555 g/mol. The lowest BCUT2D eigenvalue weighted by Gasteiger charge is -2.29. The number of carbonyl (C=O) groups is 2. The summed E-state index contributed by atoms with van der Waals surface area (Å²) in [6.45, 7) is 0. The van der Waals surface area contributed by atoms with E-state index in [9.17, 15) is 22.8 Å². The van der Waals surface area contributed by atoms with E-state index in [1.54, 1.807) is 60.1 Å². The minimum absolute atomic E-state index is 0.0613. The summed E-state index contributed by atoms with van der Waals surface area (Å²) in [4.78, 5) is 27.6. The van der Waals surface area contributed by atoms with Gasteiger partial charge >= 0.3 is 6.18 Å². The van der Waals surface area contributed by atoms with Gasteiger partial charge in [0.2, 0.25) is 5.88 Å². The number of anilines is 1. The van der Waals surface area contributed by atoms with Crippen LogP contribution in [0.15, 0.2) is 78.4 Å². The Labute approximate surface area is 224 Å². The van der Waals surface area contributed by atoms with Crippen LogP contribution in [-0.4, -0.2) is 21.5 Å². The molecule has 38 heavy (non-hydrogen) atoms. The van der Waals surface area contributed by atoms with Crippen LogP contribution in [0.2, 0.25) is 5.02 Å². The van der Waals surface area contributed by atoms with Gasteiger partial charge in [-0.2, -0.15) is 13.2 Å². The number of nitrogens with one attached hydrogen (secondary N) is 1. The highest BCUT2D eigenvalue weighted by molar-refractivity contribution is 7.80. The summed E-state index contributed by atoms with van der Waals surface area (Å²) in [6, 6.07) is 17.9. The molecule has 0 spiro atoms. The van der Waals surface area contributed by atoms with Crippen molar-refractivity contribution in [2.45, 2.75) is 6.18 Å². The molecule has 1 aliphatic heterocycles. The Bertz CT molecular complexity index is 1650. The zero-order valence-corrected chi connectivity index (χ0v) is 21.1. The van der Waals surface area contributed by atoms with Crippen molar-refractivity contribution < 1.29 is 27.5 Å². The Hall–Kier alpha value is -4.15. The number of thiocarbonyl (C=S) groups is 1. The lowest BCUT2D eigenvalue weighted by Crippen LogP contribution is -2.54. The van der Waals surface area contributed by atoms with E-state index in [0.29, 0.717) is 27.2 Å². The number of alkyl halides is 3. The molecule has 2 amide bonds. The Morgan fingerprint density at radius 3 is 2.42 bits per heavy atom. The number of ether oxygens (including phenoxy) is 1. The molecule has 2 heterocycles. The van der Waals surface area contributed by atoms with Crippen LogP contribution < -0.4 is 15.0 Å². The highest BCUT2D eigenvalue weighted by atomic mass is 35.5. The molecule has 1 aliphatic rings. The predicted octanol–water partition coefficient (Wildman–Crippen LogP) is 6.47.